The first-order valence-electron chi connectivity index (χ1n) is 13.5. The number of piperazine rings is 1. The SMILES string of the molecule is COc1ccc(-c2cnc3c(Nc4ccc(C(=O)N5CCN(C(=O)N[C@@H](C)CN)CC5)c(C)c4)nccn23)c(Cl)c1F. The number of aromatic nitrogens is 3. The van der Waals surface area contributed by atoms with E-state index in [0.29, 0.717) is 61.0 Å². The van der Waals surface area contributed by atoms with E-state index < -0.39 is 5.82 Å². The van der Waals surface area contributed by atoms with Crippen LogP contribution in [0.2, 0.25) is 5.02 Å². The van der Waals surface area contributed by atoms with Gasteiger partial charge in [-0.05, 0) is 49.7 Å². The fourth-order valence-corrected chi connectivity index (χ4v) is 5.11. The van der Waals surface area contributed by atoms with Crippen LogP contribution in [0.5, 0.6) is 5.75 Å². The average Bonchev–Trinajstić information content (AvgIpc) is 3.43. The summed E-state index contributed by atoms with van der Waals surface area (Å²) in [7, 11) is 1.38. The molecule has 0 spiro atoms. The highest BCUT2D eigenvalue weighted by Crippen LogP contribution is 2.35. The zero-order chi connectivity index (χ0) is 30.0. The zero-order valence-corrected chi connectivity index (χ0v) is 24.3. The second kappa shape index (κ2) is 12.2. The molecular formula is C29H32ClFN8O3. The molecule has 0 aliphatic carbocycles. The molecule has 3 amide bonds. The number of fused-ring (bicyclic) bond motifs is 1. The lowest BCUT2D eigenvalue weighted by Gasteiger charge is -2.35. The van der Waals surface area contributed by atoms with Crippen molar-refractivity contribution < 1.29 is 18.7 Å². The van der Waals surface area contributed by atoms with E-state index in [1.807, 2.05) is 26.0 Å². The molecule has 5 rings (SSSR count). The summed E-state index contributed by atoms with van der Waals surface area (Å²) in [5.41, 5.74) is 9.25. The number of carbonyl (C=O) groups is 2. The second-order valence-corrected chi connectivity index (χ2v) is 10.5. The molecule has 0 radical (unpaired) electrons. The third-order valence-electron chi connectivity index (χ3n) is 7.27. The Bertz CT molecular complexity index is 1640. The number of hydrogen-bond donors (Lipinski definition) is 3. The number of amides is 3. The fraction of sp³-hybridized carbons (Fsp3) is 0.310. The Morgan fingerprint density at radius 1 is 1.14 bits per heavy atom. The van der Waals surface area contributed by atoms with Crippen molar-refractivity contribution in [2.45, 2.75) is 19.9 Å². The second-order valence-electron chi connectivity index (χ2n) is 10.1. The van der Waals surface area contributed by atoms with Crippen LogP contribution in [-0.4, -0.2) is 82.0 Å². The number of halogens is 2. The van der Waals surface area contributed by atoms with Crippen LogP contribution in [0.4, 0.5) is 20.7 Å². The average molecular weight is 595 g/mol. The Hall–Kier alpha value is -4.42. The van der Waals surface area contributed by atoms with Crippen LogP contribution in [0.15, 0.2) is 48.9 Å². The van der Waals surface area contributed by atoms with E-state index in [4.69, 9.17) is 22.1 Å². The molecular weight excluding hydrogens is 563 g/mol. The number of rotatable bonds is 7. The standard InChI is InChI=1S/C29H32ClFN8O3/c1-17-14-19(4-5-20(17)28(40)37-10-12-38(13-11-37)29(41)35-18(2)15-32)36-26-27-34-16-22(39(27)9-8-33-26)21-6-7-23(42-3)25(31)24(21)30/h4-9,14,16,18H,10-13,15,32H2,1-3H3,(H,33,36)(H,35,41)/t18-/m0/s1. The number of ether oxygens (including phenoxy) is 1. The number of carbonyl (C=O) groups excluding carboxylic acids is 2. The molecule has 42 heavy (non-hydrogen) atoms. The van der Waals surface area contributed by atoms with E-state index in [-0.39, 0.29) is 28.8 Å². The van der Waals surface area contributed by atoms with Gasteiger partial charge < -0.3 is 30.9 Å². The predicted octanol–water partition coefficient (Wildman–Crippen LogP) is 4.06. The molecule has 2 aromatic heterocycles. The Balaban J connectivity index is 1.30. The first kappa shape index (κ1) is 29.1. The summed E-state index contributed by atoms with van der Waals surface area (Å²) >= 11 is 6.31. The molecule has 11 nitrogen and oxygen atoms in total. The summed E-state index contributed by atoms with van der Waals surface area (Å²) in [5, 5.41) is 6.06. The van der Waals surface area contributed by atoms with Crippen LogP contribution in [0.3, 0.4) is 0 Å². The maximum absolute atomic E-state index is 14.6. The van der Waals surface area contributed by atoms with Crippen molar-refractivity contribution in [2.24, 2.45) is 5.73 Å². The molecule has 13 heteroatoms. The number of nitrogens with one attached hydrogen (secondary N) is 2. The molecule has 1 aliphatic heterocycles. The summed E-state index contributed by atoms with van der Waals surface area (Å²) in [4.78, 5) is 38.1. The first-order valence-corrected chi connectivity index (χ1v) is 13.9. The highest BCUT2D eigenvalue weighted by Gasteiger charge is 2.26. The van der Waals surface area contributed by atoms with Gasteiger partial charge in [-0.15, -0.1) is 0 Å². The Kier molecular flexibility index (Phi) is 8.46. The molecule has 0 unspecified atom stereocenters. The van der Waals surface area contributed by atoms with E-state index in [0.717, 1.165) is 11.3 Å². The number of aryl methyl sites for hydroxylation is 1. The van der Waals surface area contributed by atoms with Gasteiger partial charge in [-0.25, -0.2) is 19.2 Å². The highest BCUT2D eigenvalue weighted by atomic mass is 35.5. The molecule has 3 heterocycles. The molecule has 1 aliphatic rings. The molecule has 4 N–H and O–H groups in total. The van der Waals surface area contributed by atoms with Crippen LogP contribution in [0.25, 0.3) is 16.9 Å². The van der Waals surface area contributed by atoms with Crippen molar-refractivity contribution in [3.8, 4) is 17.0 Å². The van der Waals surface area contributed by atoms with E-state index in [1.165, 1.54) is 13.2 Å². The van der Waals surface area contributed by atoms with Crippen molar-refractivity contribution >= 4 is 40.7 Å². The number of benzene rings is 2. The van der Waals surface area contributed by atoms with E-state index >= 15 is 0 Å². The third-order valence-corrected chi connectivity index (χ3v) is 7.64. The topological polar surface area (TPSA) is 130 Å². The fourth-order valence-electron chi connectivity index (χ4n) is 4.86. The van der Waals surface area contributed by atoms with Gasteiger partial charge in [0.05, 0.1) is 24.0 Å². The summed E-state index contributed by atoms with van der Waals surface area (Å²) in [5.74, 6) is -0.197. The van der Waals surface area contributed by atoms with Crippen LogP contribution in [0, 0.1) is 12.7 Å². The van der Waals surface area contributed by atoms with Crippen molar-refractivity contribution in [3.63, 3.8) is 0 Å². The van der Waals surface area contributed by atoms with Crippen molar-refractivity contribution in [1.29, 1.82) is 0 Å². The smallest absolute Gasteiger partial charge is 0.317 e. The van der Waals surface area contributed by atoms with Gasteiger partial charge >= 0.3 is 6.03 Å². The van der Waals surface area contributed by atoms with Crippen LogP contribution < -0.4 is 21.1 Å². The number of imidazole rings is 1. The lowest BCUT2D eigenvalue weighted by molar-refractivity contribution is 0.0663. The number of methoxy groups -OCH3 is 1. The normalized spacial score (nSPS) is 14.1. The van der Waals surface area contributed by atoms with Gasteiger partial charge in [0.15, 0.2) is 23.0 Å². The number of hydrogen-bond acceptors (Lipinski definition) is 7. The lowest BCUT2D eigenvalue weighted by atomic mass is 10.1. The molecule has 0 saturated carbocycles. The molecule has 1 atom stereocenters. The number of anilines is 2. The number of nitrogens with zero attached hydrogens (tertiary/aromatic N) is 5. The van der Waals surface area contributed by atoms with Gasteiger partial charge in [-0.3, -0.25) is 9.20 Å². The van der Waals surface area contributed by atoms with Gasteiger partial charge in [0.25, 0.3) is 5.91 Å². The minimum atomic E-state index is -0.645. The maximum atomic E-state index is 14.6. The number of urea groups is 1. The quantitative estimate of drug-likeness (QED) is 0.294. The molecule has 2 aromatic carbocycles. The van der Waals surface area contributed by atoms with Gasteiger partial charge in [0.1, 0.15) is 0 Å². The monoisotopic (exact) mass is 594 g/mol. The summed E-state index contributed by atoms with van der Waals surface area (Å²) in [6.07, 6.45) is 4.93. The maximum Gasteiger partial charge on any atom is 0.317 e. The van der Waals surface area contributed by atoms with Crippen LogP contribution in [0.1, 0.15) is 22.8 Å². The van der Waals surface area contributed by atoms with Crippen molar-refractivity contribution in [3.05, 3.63) is 70.9 Å². The molecule has 4 aromatic rings. The number of nitrogens with two attached hydrogens (primary N) is 1. The van der Waals surface area contributed by atoms with Crippen molar-refractivity contribution in [1.82, 2.24) is 29.5 Å². The Labute approximate surface area is 247 Å². The minimum absolute atomic E-state index is 0.0570. The zero-order valence-electron chi connectivity index (χ0n) is 23.5. The highest BCUT2D eigenvalue weighted by molar-refractivity contribution is 6.33. The third kappa shape index (κ3) is 5.68. The summed E-state index contributed by atoms with van der Waals surface area (Å²) in [6.45, 7) is 5.87. The van der Waals surface area contributed by atoms with Gasteiger partial charge in [0.2, 0.25) is 0 Å². The van der Waals surface area contributed by atoms with Gasteiger partial charge in [-0.2, -0.15) is 0 Å². The van der Waals surface area contributed by atoms with E-state index in [2.05, 4.69) is 20.6 Å². The molecule has 1 fully saturated rings. The van der Waals surface area contributed by atoms with E-state index in [1.54, 1.807) is 44.9 Å². The molecule has 1 saturated heterocycles. The Morgan fingerprint density at radius 3 is 2.57 bits per heavy atom. The first-order chi connectivity index (χ1) is 20.2. The van der Waals surface area contributed by atoms with E-state index in [9.17, 15) is 14.0 Å². The van der Waals surface area contributed by atoms with Crippen LogP contribution >= 0.6 is 11.6 Å². The Morgan fingerprint density at radius 2 is 1.88 bits per heavy atom. The molecule has 0 bridgehead atoms. The largest absolute Gasteiger partial charge is 0.494 e. The van der Waals surface area contributed by atoms with Crippen molar-refractivity contribution in [2.75, 3.05) is 45.2 Å². The summed E-state index contributed by atoms with van der Waals surface area (Å²) in [6, 6.07) is 8.37. The predicted molar refractivity (Wildman–Crippen MR) is 159 cm³/mol. The summed E-state index contributed by atoms with van der Waals surface area (Å²) < 4.78 is 21.4. The van der Waals surface area contributed by atoms with Gasteiger partial charge in [-0.1, -0.05) is 11.6 Å². The lowest BCUT2D eigenvalue weighted by Crippen LogP contribution is -2.55. The van der Waals surface area contributed by atoms with Gasteiger partial charge in [0, 0.05) is 68.0 Å². The minimum Gasteiger partial charge on any atom is -0.494 e. The van der Waals surface area contributed by atoms with Crippen LogP contribution in [-0.2, 0) is 0 Å². The molecule has 220 valence electrons.